The van der Waals surface area contributed by atoms with E-state index in [0.29, 0.717) is 11.3 Å². The van der Waals surface area contributed by atoms with Crippen LogP contribution < -0.4 is 9.46 Å². The second-order valence-corrected chi connectivity index (χ2v) is 7.48. The molecule has 1 N–H and O–H groups in total. The zero-order valence-electron chi connectivity index (χ0n) is 13.1. The molecule has 24 heavy (non-hydrogen) atoms. The van der Waals surface area contributed by atoms with Crippen molar-refractivity contribution in [3.8, 4) is 5.75 Å². The first-order valence-corrected chi connectivity index (χ1v) is 9.15. The van der Waals surface area contributed by atoms with Gasteiger partial charge in [0.15, 0.2) is 0 Å². The highest BCUT2D eigenvalue weighted by Crippen LogP contribution is 2.23. The summed E-state index contributed by atoms with van der Waals surface area (Å²) < 4.78 is 37.9. The molecule has 0 atom stereocenters. The van der Waals surface area contributed by atoms with Crippen LogP contribution in [0.15, 0.2) is 51.8 Å². The zero-order chi connectivity index (χ0) is 17.7. The van der Waals surface area contributed by atoms with Crippen LogP contribution in [0.1, 0.15) is 15.9 Å². The van der Waals surface area contributed by atoms with E-state index in [1.165, 1.54) is 38.5 Å². The minimum absolute atomic E-state index is 0.0594. The molecule has 128 valence electrons. The lowest BCUT2D eigenvalue weighted by molar-refractivity contribution is 0.0600. The quantitative estimate of drug-likeness (QED) is 0.736. The molecule has 2 aromatic rings. The summed E-state index contributed by atoms with van der Waals surface area (Å²) >= 11 is 3.34. The van der Waals surface area contributed by atoms with Crippen molar-refractivity contribution in [3.05, 3.63) is 58.1 Å². The van der Waals surface area contributed by atoms with Crippen LogP contribution >= 0.6 is 15.9 Å². The molecule has 6 nitrogen and oxygen atoms in total. The first-order valence-electron chi connectivity index (χ1n) is 6.88. The van der Waals surface area contributed by atoms with E-state index in [9.17, 15) is 13.2 Å². The fourth-order valence-corrected chi connectivity index (χ4v) is 3.44. The average molecular weight is 414 g/mol. The lowest BCUT2D eigenvalue weighted by Gasteiger charge is -2.11. The molecule has 2 aromatic carbocycles. The summed E-state index contributed by atoms with van der Waals surface area (Å²) in [5.74, 6) is 0.0627. The number of hydrogen-bond donors (Lipinski definition) is 1. The fraction of sp³-hybridized carbons (Fsp3) is 0.188. The summed E-state index contributed by atoms with van der Waals surface area (Å²) in [6, 6.07) is 10.8. The standard InChI is InChI=1S/C16H16BrNO5S/c1-22-15-8-5-13(17)9-12(15)10-18-24(20,21)14-6-3-11(4-7-14)16(19)23-2/h3-9,18H,10H2,1-2H3. The molecule has 0 aromatic heterocycles. The number of carbonyl (C=O) groups is 1. The maximum Gasteiger partial charge on any atom is 0.337 e. The number of methoxy groups -OCH3 is 2. The molecule has 0 bridgehead atoms. The third-order valence-electron chi connectivity index (χ3n) is 3.28. The van der Waals surface area contributed by atoms with Crippen LogP contribution in [0.2, 0.25) is 0 Å². The zero-order valence-corrected chi connectivity index (χ0v) is 15.5. The van der Waals surface area contributed by atoms with Crippen molar-refractivity contribution in [2.45, 2.75) is 11.4 Å². The highest BCUT2D eigenvalue weighted by Gasteiger charge is 2.16. The van der Waals surface area contributed by atoms with Gasteiger partial charge in [-0.1, -0.05) is 15.9 Å². The van der Waals surface area contributed by atoms with Gasteiger partial charge in [-0.3, -0.25) is 0 Å². The minimum Gasteiger partial charge on any atom is -0.496 e. The third kappa shape index (κ3) is 4.34. The van der Waals surface area contributed by atoms with E-state index in [1.807, 2.05) is 6.07 Å². The van der Waals surface area contributed by atoms with E-state index in [0.717, 1.165) is 4.47 Å². The summed E-state index contributed by atoms with van der Waals surface area (Å²) in [6.07, 6.45) is 0. The molecule has 0 amide bonds. The normalized spacial score (nSPS) is 11.1. The molecule has 2 rings (SSSR count). The Bertz CT molecular complexity index is 834. The third-order valence-corrected chi connectivity index (χ3v) is 5.19. The lowest BCUT2D eigenvalue weighted by Crippen LogP contribution is -2.23. The van der Waals surface area contributed by atoms with Gasteiger partial charge in [-0.05, 0) is 42.5 Å². The molecule has 0 fully saturated rings. The van der Waals surface area contributed by atoms with Crippen molar-refractivity contribution in [1.82, 2.24) is 4.72 Å². The van der Waals surface area contributed by atoms with E-state index in [1.54, 1.807) is 12.1 Å². The highest BCUT2D eigenvalue weighted by atomic mass is 79.9. The van der Waals surface area contributed by atoms with E-state index in [4.69, 9.17) is 4.74 Å². The van der Waals surface area contributed by atoms with Crippen molar-refractivity contribution >= 4 is 31.9 Å². The first kappa shape index (κ1) is 18.4. The number of hydrogen-bond acceptors (Lipinski definition) is 5. The van der Waals surface area contributed by atoms with Crippen molar-refractivity contribution < 1.29 is 22.7 Å². The molecular formula is C16H16BrNO5S. The van der Waals surface area contributed by atoms with E-state index >= 15 is 0 Å². The summed E-state index contributed by atoms with van der Waals surface area (Å²) in [5, 5.41) is 0. The predicted molar refractivity (Wildman–Crippen MR) is 92.5 cm³/mol. The molecule has 0 radical (unpaired) electrons. The second kappa shape index (κ2) is 7.78. The molecule has 0 unspecified atom stereocenters. The van der Waals surface area contributed by atoms with Crippen molar-refractivity contribution in [2.75, 3.05) is 14.2 Å². The van der Waals surface area contributed by atoms with Crippen LogP contribution in [-0.4, -0.2) is 28.6 Å². The molecule has 0 aliphatic heterocycles. The lowest BCUT2D eigenvalue weighted by atomic mass is 10.2. The van der Waals surface area contributed by atoms with Gasteiger partial charge in [0, 0.05) is 16.6 Å². The Morgan fingerprint density at radius 1 is 1.12 bits per heavy atom. The van der Waals surface area contributed by atoms with Crippen LogP contribution in [0, 0.1) is 0 Å². The highest BCUT2D eigenvalue weighted by molar-refractivity contribution is 9.10. The van der Waals surface area contributed by atoms with Crippen LogP contribution in [0.4, 0.5) is 0 Å². The SMILES string of the molecule is COC(=O)c1ccc(S(=O)(=O)NCc2cc(Br)ccc2OC)cc1. The summed E-state index contributed by atoms with van der Waals surface area (Å²) in [5.41, 5.74) is 0.978. The van der Waals surface area contributed by atoms with Crippen LogP contribution in [0.5, 0.6) is 5.75 Å². The Hall–Kier alpha value is -1.90. The van der Waals surface area contributed by atoms with Crippen molar-refractivity contribution in [2.24, 2.45) is 0 Å². The molecule has 0 saturated carbocycles. The Morgan fingerprint density at radius 3 is 2.38 bits per heavy atom. The largest absolute Gasteiger partial charge is 0.496 e. The molecule has 0 aliphatic rings. The fourth-order valence-electron chi connectivity index (χ4n) is 2.03. The van der Waals surface area contributed by atoms with Gasteiger partial charge in [-0.2, -0.15) is 0 Å². The van der Waals surface area contributed by atoms with Crippen LogP contribution in [0.25, 0.3) is 0 Å². The first-order chi connectivity index (χ1) is 11.4. The number of esters is 1. The van der Waals surface area contributed by atoms with Crippen molar-refractivity contribution in [1.29, 1.82) is 0 Å². The van der Waals surface area contributed by atoms with E-state index < -0.39 is 16.0 Å². The van der Waals surface area contributed by atoms with Crippen LogP contribution in [0.3, 0.4) is 0 Å². The summed E-state index contributed by atoms with van der Waals surface area (Å²) in [6.45, 7) is 0.0731. The number of halogens is 1. The van der Waals surface area contributed by atoms with Gasteiger partial charge in [-0.25, -0.2) is 17.9 Å². The van der Waals surface area contributed by atoms with Crippen LogP contribution in [-0.2, 0) is 21.3 Å². The number of sulfonamides is 1. The summed E-state index contributed by atoms with van der Waals surface area (Å²) in [7, 11) is -0.934. The van der Waals surface area contributed by atoms with Gasteiger partial charge >= 0.3 is 5.97 Å². The van der Waals surface area contributed by atoms with Gasteiger partial charge in [0.1, 0.15) is 5.75 Å². The summed E-state index contributed by atoms with van der Waals surface area (Å²) in [4.78, 5) is 11.4. The minimum atomic E-state index is -3.72. The van der Waals surface area contributed by atoms with Gasteiger partial charge < -0.3 is 9.47 Å². The molecule has 0 saturated heterocycles. The smallest absolute Gasteiger partial charge is 0.337 e. The van der Waals surface area contributed by atoms with Gasteiger partial charge in [0.2, 0.25) is 10.0 Å². The average Bonchev–Trinajstić information content (AvgIpc) is 2.59. The van der Waals surface area contributed by atoms with E-state index in [-0.39, 0.29) is 17.0 Å². The van der Waals surface area contributed by atoms with Crippen molar-refractivity contribution in [3.63, 3.8) is 0 Å². The monoisotopic (exact) mass is 413 g/mol. The number of nitrogens with one attached hydrogen (secondary N) is 1. The molecule has 0 spiro atoms. The number of ether oxygens (including phenoxy) is 2. The van der Waals surface area contributed by atoms with Gasteiger partial charge in [0.05, 0.1) is 24.7 Å². The molecular weight excluding hydrogens is 398 g/mol. The Labute approximate surface area is 149 Å². The maximum atomic E-state index is 12.4. The predicted octanol–water partition coefficient (Wildman–Crippen LogP) is 2.72. The number of benzene rings is 2. The number of rotatable bonds is 6. The number of carbonyl (C=O) groups excluding carboxylic acids is 1. The Kier molecular flexibility index (Phi) is 5.98. The molecule has 8 heteroatoms. The molecule has 0 heterocycles. The van der Waals surface area contributed by atoms with Gasteiger partial charge in [0.25, 0.3) is 0 Å². The van der Waals surface area contributed by atoms with E-state index in [2.05, 4.69) is 25.4 Å². The Morgan fingerprint density at radius 2 is 1.79 bits per heavy atom. The second-order valence-electron chi connectivity index (χ2n) is 4.80. The Balaban J connectivity index is 2.17. The maximum absolute atomic E-state index is 12.4. The molecule has 0 aliphatic carbocycles. The van der Waals surface area contributed by atoms with Gasteiger partial charge in [-0.15, -0.1) is 0 Å². The topological polar surface area (TPSA) is 81.7 Å².